The molecule has 4 aromatic rings. The van der Waals surface area contributed by atoms with Crippen LogP contribution in [0.15, 0.2) is 65.6 Å². The topological polar surface area (TPSA) is 88.6 Å². The summed E-state index contributed by atoms with van der Waals surface area (Å²) in [5.41, 5.74) is 1.18. The van der Waals surface area contributed by atoms with Crippen LogP contribution in [0.3, 0.4) is 0 Å². The van der Waals surface area contributed by atoms with Gasteiger partial charge in [0.2, 0.25) is 10.0 Å². The van der Waals surface area contributed by atoms with Crippen LogP contribution in [0.1, 0.15) is 23.2 Å². The van der Waals surface area contributed by atoms with Crippen LogP contribution in [0.25, 0.3) is 21.0 Å². The van der Waals surface area contributed by atoms with E-state index in [1.54, 1.807) is 7.05 Å². The fourth-order valence-corrected chi connectivity index (χ4v) is 6.21. The molecule has 1 saturated heterocycles. The zero-order valence-corrected chi connectivity index (χ0v) is 19.7. The second-order valence-corrected chi connectivity index (χ2v) is 11.1. The van der Waals surface area contributed by atoms with Crippen LogP contribution in [0.4, 0.5) is 5.13 Å². The van der Waals surface area contributed by atoms with E-state index in [1.807, 2.05) is 36.4 Å². The number of nitrogens with one attached hydrogen (secondary N) is 1. The van der Waals surface area contributed by atoms with Crippen LogP contribution < -0.4 is 5.32 Å². The van der Waals surface area contributed by atoms with E-state index in [2.05, 4.69) is 10.3 Å². The van der Waals surface area contributed by atoms with Crippen LogP contribution >= 0.6 is 11.3 Å². The largest absolute Gasteiger partial charge is 0.377 e. The second-order valence-electron chi connectivity index (χ2n) is 8.05. The third-order valence-corrected chi connectivity index (χ3v) is 8.67. The van der Waals surface area contributed by atoms with Crippen LogP contribution in [0.5, 0.6) is 0 Å². The Hall–Kier alpha value is -2.85. The van der Waals surface area contributed by atoms with Crippen molar-refractivity contribution in [3.8, 4) is 0 Å². The molecule has 0 unspecified atom stereocenters. The Bertz CT molecular complexity index is 1430. The van der Waals surface area contributed by atoms with Crippen LogP contribution in [-0.2, 0) is 14.8 Å². The molecule has 1 fully saturated rings. The number of likely N-dealkylation sites (N-methyl/N-ethyl adjacent to an activating group) is 1. The van der Waals surface area contributed by atoms with E-state index >= 15 is 0 Å². The lowest BCUT2D eigenvalue weighted by Gasteiger charge is -2.20. The molecule has 9 heteroatoms. The number of thiazole rings is 1. The van der Waals surface area contributed by atoms with Crippen LogP contribution in [0, 0.1) is 0 Å². The summed E-state index contributed by atoms with van der Waals surface area (Å²) >= 11 is 1.42. The minimum atomic E-state index is -3.65. The summed E-state index contributed by atoms with van der Waals surface area (Å²) in [7, 11) is -2.10. The van der Waals surface area contributed by atoms with Gasteiger partial charge in [-0.2, -0.15) is 4.31 Å². The van der Waals surface area contributed by atoms with Crippen LogP contribution in [0.2, 0.25) is 0 Å². The average Bonchev–Trinajstić information content (AvgIpc) is 3.48. The number of benzene rings is 3. The zero-order chi connectivity index (χ0) is 23.0. The first-order valence-corrected chi connectivity index (χ1v) is 12.9. The summed E-state index contributed by atoms with van der Waals surface area (Å²) in [5.74, 6) is -0.338. The fourth-order valence-electron chi connectivity index (χ4n) is 4.01. The molecule has 0 radical (unpaired) electrons. The van der Waals surface area contributed by atoms with Crippen molar-refractivity contribution in [2.75, 3.05) is 25.5 Å². The molecule has 1 N–H and O–H groups in total. The molecule has 33 heavy (non-hydrogen) atoms. The fraction of sp³-hybridized carbons (Fsp3) is 0.250. The normalized spacial score (nSPS) is 16.6. The maximum absolute atomic E-state index is 12.9. The smallest absolute Gasteiger partial charge is 0.257 e. The van der Waals surface area contributed by atoms with Crippen molar-refractivity contribution in [1.82, 2.24) is 9.29 Å². The number of aromatic nitrogens is 1. The number of sulfonamides is 1. The lowest BCUT2D eigenvalue weighted by atomic mass is 10.1. The number of ether oxygens (including phenoxy) is 1. The predicted molar refractivity (Wildman–Crippen MR) is 130 cm³/mol. The number of amides is 1. The van der Waals surface area contributed by atoms with Gasteiger partial charge in [-0.1, -0.05) is 41.7 Å². The Morgan fingerprint density at radius 2 is 1.94 bits per heavy atom. The Labute approximate surface area is 196 Å². The van der Waals surface area contributed by atoms with Crippen molar-refractivity contribution in [2.24, 2.45) is 0 Å². The molecule has 1 aliphatic rings. The van der Waals surface area contributed by atoms with E-state index < -0.39 is 10.0 Å². The second kappa shape index (κ2) is 8.83. The van der Waals surface area contributed by atoms with Gasteiger partial charge in [0.1, 0.15) is 0 Å². The monoisotopic (exact) mass is 481 g/mol. The first kappa shape index (κ1) is 22.0. The van der Waals surface area contributed by atoms with Crippen molar-refractivity contribution in [1.29, 1.82) is 0 Å². The molecule has 1 atom stereocenters. The third-order valence-electron chi connectivity index (χ3n) is 5.81. The molecule has 1 aromatic heterocycles. The van der Waals surface area contributed by atoms with Gasteiger partial charge in [-0.3, -0.25) is 10.1 Å². The van der Waals surface area contributed by atoms with Gasteiger partial charge in [0.05, 0.1) is 21.2 Å². The maximum Gasteiger partial charge on any atom is 0.257 e. The summed E-state index contributed by atoms with van der Waals surface area (Å²) in [6, 6.07) is 18.0. The molecule has 0 bridgehead atoms. The zero-order valence-electron chi connectivity index (χ0n) is 18.0. The standard InChI is InChI=1S/C24H23N3O4S2/c1-27(15-18-6-4-14-31-18)33(29,30)19-11-8-17(9-12-19)23(28)26-24-25-21-13-10-16-5-2-3-7-20(16)22(21)32-24/h2-3,5,7-13,18H,4,6,14-15H2,1H3,(H,25,26,28)/t18-/m1/s1. The number of carbonyl (C=O) groups excluding carboxylic acids is 1. The highest BCUT2D eigenvalue weighted by Gasteiger charge is 2.26. The molecule has 5 rings (SSSR count). The molecular weight excluding hydrogens is 458 g/mol. The number of carbonyl (C=O) groups is 1. The molecule has 3 aromatic carbocycles. The highest BCUT2D eigenvalue weighted by Crippen LogP contribution is 2.32. The minimum absolute atomic E-state index is 0.0687. The molecule has 170 valence electrons. The van der Waals surface area contributed by atoms with E-state index in [-0.39, 0.29) is 16.9 Å². The van der Waals surface area contributed by atoms with Gasteiger partial charge in [0, 0.05) is 31.1 Å². The molecule has 0 aliphatic carbocycles. The first-order valence-electron chi connectivity index (χ1n) is 10.7. The third kappa shape index (κ3) is 4.37. The Balaban J connectivity index is 1.32. The summed E-state index contributed by atoms with van der Waals surface area (Å²) < 4.78 is 33.6. The van der Waals surface area contributed by atoms with Crippen molar-refractivity contribution in [3.63, 3.8) is 0 Å². The number of nitrogens with zero attached hydrogens (tertiary/aromatic N) is 2. The molecule has 7 nitrogen and oxygen atoms in total. The van der Waals surface area contributed by atoms with Crippen molar-refractivity contribution < 1.29 is 17.9 Å². The van der Waals surface area contributed by atoms with Gasteiger partial charge < -0.3 is 4.74 Å². The summed E-state index contributed by atoms with van der Waals surface area (Å²) in [4.78, 5) is 17.4. The van der Waals surface area contributed by atoms with Gasteiger partial charge in [0.25, 0.3) is 5.91 Å². The van der Waals surface area contributed by atoms with Crippen LogP contribution in [-0.4, -0.2) is 49.9 Å². The average molecular weight is 482 g/mol. The van der Waals surface area contributed by atoms with Gasteiger partial charge in [-0.05, 0) is 48.6 Å². The Morgan fingerprint density at radius 1 is 1.15 bits per heavy atom. The van der Waals surface area contributed by atoms with Gasteiger partial charge in [-0.25, -0.2) is 13.4 Å². The van der Waals surface area contributed by atoms with Crippen molar-refractivity contribution in [2.45, 2.75) is 23.8 Å². The van der Waals surface area contributed by atoms with Gasteiger partial charge in [0.15, 0.2) is 5.13 Å². The van der Waals surface area contributed by atoms with Crippen molar-refractivity contribution in [3.05, 3.63) is 66.2 Å². The molecule has 1 amide bonds. The molecule has 2 heterocycles. The molecule has 1 aliphatic heterocycles. The molecule has 0 spiro atoms. The van der Waals surface area contributed by atoms with E-state index in [4.69, 9.17) is 4.74 Å². The number of hydrogen-bond acceptors (Lipinski definition) is 6. The SMILES string of the molecule is CN(C[C@H]1CCCO1)S(=O)(=O)c1ccc(C(=O)Nc2nc3ccc4ccccc4c3s2)cc1. The molecular formula is C24H23N3O4S2. The quantitative estimate of drug-likeness (QED) is 0.438. The van der Waals surface area contributed by atoms with E-state index in [1.165, 1.54) is 39.9 Å². The summed E-state index contributed by atoms with van der Waals surface area (Å²) in [6.45, 7) is 0.990. The molecule has 0 saturated carbocycles. The number of fused-ring (bicyclic) bond motifs is 3. The highest BCUT2D eigenvalue weighted by atomic mass is 32.2. The number of hydrogen-bond donors (Lipinski definition) is 1. The number of anilines is 1. The van der Waals surface area contributed by atoms with Crippen molar-refractivity contribution >= 4 is 53.4 Å². The van der Waals surface area contributed by atoms with Gasteiger partial charge >= 0.3 is 0 Å². The lowest BCUT2D eigenvalue weighted by molar-refractivity contribution is 0.0979. The van der Waals surface area contributed by atoms with E-state index in [0.717, 1.165) is 33.8 Å². The Morgan fingerprint density at radius 3 is 2.70 bits per heavy atom. The highest BCUT2D eigenvalue weighted by molar-refractivity contribution is 7.89. The van der Waals surface area contributed by atoms with E-state index in [0.29, 0.717) is 23.8 Å². The number of rotatable bonds is 6. The maximum atomic E-state index is 12.9. The summed E-state index contributed by atoms with van der Waals surface area (Å²) in [6.07, 6.45) is 1.74. The predicted octanol–water partition coefficient (Wildman–Crippen LogP) is 4.50. The van der Waals surface area contributed by atoms with Gasteiger partial charge in [-0.15, -0.1) is 0 Å². The first-order chi connectivity index (χ1) is 15.9. The Kier molecular flexibility index (Phi) is 5.88. The minimum Gasteiger partial charge on any atom is -0.377 e. The summed E-state index contributed by atoms with van der Waals surface area (Å²) in [5, 5.41) is 5.54. The lowest BCUT2D eigenvalue weighted by Crippen LogP contribution is -2.34. The van der Waals surface area contributed by atoms with E-state index in [9.17, 15) is 13.2 Å².